The number of rotatable bonds is 16. The van der Waals surface area contributed by atoms with E-state index in [1.807, 2.05) is 0 Å². The number of benzene rings is 1. The summed E-state index contributed by atoms with van der Waals surface area (Å²) >= 11 is 0. The number of aromatic nitrogens is 2. The van der Waals surface area contributed by atoms with Crippen LogP contribution in [0, 0.1) is 0 Å². The largest absolute Gasteiger partial charge is 0.508 e. The Balaban J connectivity index is 2.12. The highest BCUT2D eigenvalue weighted by Crippen LogP contribution is 2.12. The molecule has 14 nitrogen and oxygen atoms in total. The smallest absolute Gasteiger partial charge is 0.326 e. The van der Waals surface area contributed by atoms with Crippen molar-refractivity contribution in [3.63, 3.8) is 0 Å². The zero-order valence-corrected chi connectivity index (χ0v) is 20.8. The van der Waals surface area contributed by atoms with Gasteiger partial charge in [-0.2, -0.15) is 0 Å². The summed E-state index contributed by atoms with van der Waals surface area (Å²) in [5.74, 6) is -3.59. The van der Waals surface area contributed by atoms with Crippen LogP contribution < -0.4 is 27.4 Å². The first-order valence-electron chi connectivity index (χ1n) is 12.1. The number of aliphatic carboxylic acids is 1. The van der Waals surface area contributed by atoms with Crippen LogP contribution in [0.3, 0.4) is 0 Å². The average molecular weight is 534 g/mol. The number of aliphatic hydroxyl groups is 1. The first-order valence-corrected chi connectivity index (χ1v) is 12.1. The molecule has 4 atom stereocenters. The molecule has 0 spiro atoms. The molecule has 0 aliphatic carbocycles. The van der Waals surface area contributed by atoms with Crippen molar-refractivity contribution in [1.82, 2.24) is 25.9 Å². The van der Waals surface area contributed by atoms with E-state index < -0.39 is 54.5 Å². The lowest BCUT2D eigenvalue weighted by Gasteiger charge is -2.24. The van der Waals surface area contributed by atoms with Crippen molar-refractivity contribution in [1.29, 1.82) is 0 Å². The third-order valence-electron chi connectivity index (χ3n) is 5.72. The van der Waals surface area contributed by atoms with Crippen LogP contribution in [0.15, 0.2) is 36.8 Å². The number of hydrogen-bond acceptors (Lipinski definition) is 9. The maximum absolute atomic E-state index is 13.1. The third-order valence-corrected chi connectivity index (χ3v) is 5.72. The predicted molar refractivity (Wildman–Crippen MR) is 135 cm³/mol. The van der Waals surface area contributed by atoms with Crippen molar-refractivity contribution < 1.29 is 34.5 Å². The third kappa shape index (κ3) is 9.80. The molecule has 0 bridgehead atoms. The van der Waals surface area contributed by atoms with Crippen LogP contribution in [0.4, 0.5) is 0 Å². The maximum atomic E-state index is 13.1. The monoisotopic (exact) mass is 533 g/mol. The number of H-pyrrole nitrogens is 1. The van der Waals surface area contributed by atoms with Crippen LogP contribution in [-0.4, -0.2) is 86.3 Å². The van der Waals surface area contributed by atoms with Gasteiger partial charge in [-0.3, -0.25) is 14.4 Å². The molecule has 0 saturated carbocycles. The van der Waals surface area contributed by atoms with Crippen molar-refractivity contribution >= 4 is 23.7 Å². The van der Waals surface area contributed by atoms with E-state index in [4.69, 9.17) is 11.5 Å². The molecule has 4 unspecified atom stereocenters. The van der Waals surface area contributed by atoms with Gasteiger partial charge in [0.2, 0.25) is 17.7 Å². The normalized spacial score (nSPS) is 14.1. The number of amides is 3. The highest BCUT2D eigenvalue weighted by atomic mass is 16.4. The number of hydrogen-bond donors (Lipinski definition) is 9. The lowest BCUT2D eigenvalue weighted by Crippen LogP contribution is -2.58. The van der Waals surface area contributed by atoms with Crippen LogP contribution >= 0.6 is 0 Å². The van der Waals surface area contributed by atoms with Crippen LogP contribution in [0.2, 0.25) is 0 Å². The number of carbonyl (C=O) groups is 4. The van der Waals surface area contributed by atoms with Gasteiger partial charge in [-0.15, -0.1) is 0 Å². The fourth-order valence-corrected chi connectivity index (χ4v) is 3.57. The number of phenols is 1. The van der Waals surface area contributed by atoms with Gasteiger partial charge in [-0.1, -0.05) is 12.1 Å². The zero-order valence-electron chi connectivity index (χ0n) is 20.8. The van der Waals surface area contributed by atoms with E-state index in [1.165, 1.54) is 24.7 Å². The summed E-state index contributed by atoms with van der Waals surface area (Å²) in [7, 11) is 0. The lowest BCUT2D eigenvalue weighted by atomic mass is 10.0. The number of carboxylic acid groups (broad SMARTS) is 1. The van der Waals surface area contributed by atoms with E-state index in [2.05, 4.69) is 25.9 Å². The molecule has 3 amide bonds. The van der Waals surface area contributed by atoms with E-state index in [9.17, 15) is 34.5 Å². The van der Waals surface area contributed by atoms with E-state index in [-0.39, 0.29) is 25.0 Å². The fourth-order valence-electron chi connectivity index (χ4n) is 3.57. The van der Waals surface area contributed by atoms with E-state index in [1.54, 1.807) is 12.1 Å². The van der Waals surface area contributed by atoms with Crippen LogP contribution in [0.1, 0.15) is 30.5 Å². The first-order chi connectivity index (χ1) is 18.1. The molecule has 0 radical (unpaired) electrons. The second-order valence-electron chi connectivity index (χ2n) is 8.75. The van der Waals surface area contributed by atoms with Gasteiger partial charge in [0.15, 0.2) is 0 Å². The number of unbranched alkanes of at least 4 members (excludes halogenated alkanes) is 1. The Morgan fingerprint density at radius 2 is 1.55 bits per heavy atom. The molecule has 0 fully saturated rings. The number of aliphatic hydroxyl groups excluding tert-OH is 1. The molecule has 1 heterocycles. The van der Waals surface area contributed by atoms with Crippen molar-refractivity contribution in [3.8, 4) is 5.75 Å². The number of carboxylic acids is 1. The Morgan fingerprint density at radius 3 is 2.13 bits per heavy atom. The molecule has 14 heteroatoms. The molecule has 11 N–H and O–H groups in total. The molecule has 1 aromatic heterocycles. The Bertz CT molecular complexity index is 1050. The van der Waals surface area contributed by atoms with Gasteiger partial charge >= 0.3 is 5.97 Å². The summed E-state index contributed by atoms with van der Waals surface area (Å²) in [6.07, 6.45) is 4.21. The Hall–Kier alpha value is -4.01. The number of aromatic hydroxyl groups is 1. The number of carbonyl (C=O) groups excluding carboxylic acids is 3. The number of nitrogens with one attached hydrogen (secondary N) is 4. The standard InChI is InChI=1S/C24H35N7O7/c25-8-2-1-3-18(24(37)38)29-23(36)20(12-32)31-22(35)19(9-14-4-6-16(33)7-5-14)30-21(34)17(26)10-15-11-27-13-28-15/h4-7,11,13,17-20,32-33H,1-3,8-10,12,25-26H2,(H,27,28)(H,29,36)(H,30,34)(H,31,35)(H,37,38). The minimum absolute atomic E-state index is 0.0110. The zero-order chi connectivity index (χ0) is 28.1. The van der Waals surface area contributed by atoms with Gasteiger partial charge < -0.3 is 47.7 Å². The molecule has 0 aliphatic rings. The molecule has 38 heavy (non-hydrogen) atoms. The van der Waals surface area contributed by atoms with Gasteiger partial charge in [-0.05, 0) is 43.5 Å². The predicted octanol–water partition coefficient (Wildman–Crippen LogP) is -2.11. The number of imidazole rings is 1. The molecule has 1 aromatic carbocycles. The minimum atomic E-state index is -1.48. The SMILES string of the molecule is NCCCCC(NC(=O)C(CO)NC(=O)C(Cc1ccc(O)cc1)NC(=O)C(N)Cc1cnc[nH]1)C(=O)O. The van der Waals surface area contributed by atoms with Crippen molar-refractivity contribution in [3.05, 3.63) is 48.0 Å². The van der Waals surface area contributed by atoms with E-state index in [0.717, 1.165) is 0 Å². The highest BCUT2D eigenvalue weighted by molar-refractivity contribution is 5.94. The summed E-state index contributed by atoms with van der Waals surface area (Å²) in [6.45, 7) is -0.443. The summed E-state index contributed by atoms with van der Waals surface area (Å²) in [6, 6.07) is 1.01. The topological polar surface area (TPSA) is 246 Å². The molecule has 2 rings (SSSR count). The van der Waals surface area contributed by atoms with Crippen LogP contribution in [0.25, 0.3) is 0 Å². The van der Waals surface area contributed by atoms with Crippen LogP contribution in [0.5, 0.6) is 5.75 Å². The number of aromatic amines is 1. The molecular weight excluding hydrogens is 498 g/mol. The number of nitrogens with two attached hydrogens (primary N) is 2. The second kappa shape index (κ2) is 15.3. The van der Waals surface area contributed by atoms with Gasteiger partial charge in [0.25, 0.3) is 0 Å². The molecule has 2 aromatic rings. The summed E-state index contributed by atoms with van der Waals surface area (Å²) in [5.41, 5.74) is 12.6. The second-order valence-corrected chi connectivity index (χ2v) is 8.75. The fraction of sp³-hybridized carbons (Fsp3) is 0.458. The molecule has 0 aliphatic heterocycles. The Kier molecular flexibility index (Phi) is 12.2. The number of nitrogens with zero attached hydrogens (tertiary/aromatic N) is 1. The minimum Gasteiger partial charge on any atom is -0.508 e. The Morgan fingerprint density at radius 1 is 0.921 bits per heavy atom. The van der Waals surface area contributed by atoms with E-state index in [0.29, 0.717) is 30.6 Å². The quantitative estimate of drug-likeness (QED) is 0.106. The highest BCUT2D eigenvalue weighted by Gasteiger charge is 2.30. The van der Waals surface area contributed by atoms with Gasteiger partial charge in [0, 0.05) is 24.7 Å². The van der Waals surface area contributed by atoms with Crippen molar-refractivity contribution in [2.45, 2.75) is 56.3 Å². The van der Waals surface area contributed by atoms with Crippen molar-refractivity contribution in [2.24, 2.45) is 11.5 Å². The maximum Gasteiger partial charge on any atom is 0.326 e. The van der Waals surface area contributed by atoms with Gasteiger partial charge in [0.1, 0.15) is 23.9 Å². The van der Waals surface area contributed by atoms with Gasteiger partial charge in [0.05, 0.1) is 19.0 Å². The molecular formula is C24H35N7O7. The van der Waals surface area contributed by atoms with Gasteiger partial charge in [-0.25, -0.2) is 9.78 Å². The van der Waals surface area contributed by atoms with Crippen molar-refractivity contribution in [2.75, 3.05) is 13.2 Å². The average Bonchev–Trinajstić information content (AvgIpc) is 3.40. The summed E-state index contributed by atoms with van der Waals surface area (Å²) in [4.78, 5) is 56.8. The number of phenolic OH excluding ortho intramolecular Hbond substituents is 1. The summed E-state index contributed by atoms with van der Waals surface area (Å²) in [5, 5.41) is 35.9. The van der Waals surface area contributed by atoms with E-state index >= 15 is 0 Å². The lowest BCUT2D eigenvalue weighted by molar-refractivity contribution is -0.142. The first kappa shape index (κ1) is 30.2. The molecule has 208 valence electrons. The van der Waals surface area contributed by atoms with Crippen LogP contribution in [-0.2, 0) is 32.0 Å². The molecule has 0 saturated heterocycles. The summed E-state index contributed by atoms with van der Waals surface area (Å²) < 4.78 is 0. The Labute approximate surface area is 219 Å².